The average molecular weight is 297 g/mol. The Morgan fingerprint density at radius 1 is 1.48 bits per heavy atom. The monoisotopic (exact) mass is 297 g/mol. The van der Waals surface area contributed by atoms with Crippen molar-refractivity contribution in [3.8, 4) is 11.3 Å². The Bertz CT molecular complexity index is 696. The maximum Gasteiger partial charge on any atom is 0.126 e. The molecule has 3 nitrogen and oxygen atoms in total. The Morgan fingerprint density at radius 3 is 2.95 bits per heavy atom. The molecule has 0 saturated carbocycles. The minimum Gasteiger partial charge on any atom is -0.397 e. The molecule has 0 unspecified atom stereocenters. The molecule has 0 spiro atoms. The molecule has 0 atom stereocenters. The molecule has 21 heavy (non-hydrogen) atoms. The van der Waals surface area contributed by atoms with Crippen LogP contribution in [0.5, 0.6) is 0 Å². The van der Waals surface area contributed by atoms with Crippen molar-refractivity contribution in [1.29, 1.82) is 0 Å². The summed E-state index contributed by atoms with van der Waals surface area (Å²) in [6, 6.07) is 8.44. The number of aliphatic imine (C=N–C) groups is 1. The van der Waals surface area contributed by atoms with Crippen LogP contribution < -0.4 is 5.73 Å². The molecule has 0 amide bonds. The second kappa shape index (κ2) is 6.99. The second-order valence-electron chi connectivity index (χ2n) is 4.55. The number of benzene rings is 1. The van der Waals surface area contributed by atoms with Crippen molar-refractivity contribution < 1.29 is 0 Å². The van der Waals surface area contributed by atoms with Crippen molar-refractivity contribution in [2.45, 2.75) is 13.3 Å². The van der Waals surface area contributed by atoms with E-state index >= 15 is 0 Å². The van der Waals surface area contributed by atoms with E-state index in [9.17, 15) is 0 Å². The molecule has 108 valence electrons. The molecule has 0 fully saturated rings. The van der Waals surface area contributed by atoms with Crippen molar-refractivity contribution in [3.63, 3.8) is 0 Å². The Kier molecular flexibility index (Phi) is 5.06. The molecule has 1 aromatic heterocycles. The summed E-state index contributed by atoms with van der Waals surface area (Å²) in [6.45, 7) is 5.96. The predicted octanol–water partition coefficient (Wildman–Crippen LogP) is 3.93. The van der Waals surface area contributed by atoms with Crippen LogP contribution >= 0.6 is 11.3 Å². The number of thiazole rings is 1. The van der Waals surface area contributed by atoms with Crippen LogP contribution in [0, 0.1) is 0 Å². The van der Waals surface area contributed by atoms with E-state index in [0.29, 0.717) is 5.70 Å². The summed E-state index contributed by atoms with van der Waals surface area (Å²) < 4.78 is 0. The summed E-state index contributed by atoms with van der Waals surface area (Å²) in [4.78, 5) is 8.62. The van der Waals surface area contributed by atoms with Gasteiger partial charge in [-0.2, -0.15) is 0 Å². The lowest BCUT2D eigenvalue weighted by Crippen LogP contribution is -2.02. The minimum absolute atomic E-state index is 0.579. The van der Waals surface area contributed by atoms with Crippen LogP contribution in [0.4, 0.5) is 0 Å². The second-order valence-corrected chi connectivity index (χ2v) is 5.41. The van der Waals surface area contributed by atoms with E-state index in [-0.39, 0.29) is 0 Å². The number of nitrogens with two attached hydrogens (primary N) is 1. The summed E-state index contributed by atoms with van der Waals surface area (Å²) >= 11 is 1.56. The van der Waals surface area contributed by atoms with E-state index in [1.54, 1.807) is 30.7 Å². The van der Waals surface area contributed by atoms with Gasteiger partial charge in [-0.3, -0.25) is 4.99 Å². The number of aromatic nitrogens is 1. The highest BCUT2D eigenvalue weighted by Crippen LogP contribution is 2.27. The molecule has 2 aromatic rings. The van der Waals surface area contributed by atoms with Crippen molar-refractivity contribution in [2.24, 2.45) is 10.7 Å². The lowest BCUT2D eigenvalue weighted by molar-refractivity contribution is 1.14. The molecule has 0 aliphatic heterocycles. The van der Waals surface area contributed by atoms with Gasteiger partial charge in [0.2, 0.25) is 0 Å². The fraction of sp³-hybridized carbons (Fsp3) is 0.176. The summed E-state index contributed by atoms with van der Waals surface area (Å²) in [5.74, 6) is 0. The van der Waals surface area contributed by atoms with Gasteiger partial charge in [0, 0.05) is 29.8 Å². The molecule has 2 rings (SSSR count). The third-order valence-electron chi connectivity index (χ3n) is 3.15. The topological polar surface area (TPSA) is 51.3 Å². The molecule has 0 aliphatic rings. The lowest BCUT2D eigenvalue weighted by atomic mass is 10.1. The maximum absolute atomic E-state index is 5.99. The van der Waals surface area contributed by atoms with Gasteiger partial charge in [0.25, 0.3) is 0 Å². The third-order valence-corrected chi connectivity index (χ3v) is 4.02. The fourth-order valence-electron chi connectivity index (χ4n) is 2.02. The zero-order valence-electron chi connectivity index (χ0n) is 12.3. The van der Waals surface area contributed by atoms with Crippen molar-refractivity contribution in [2.75, 3.05) is 7.05 Å². The Labute approximate surface area is 129 Å². The first-order valence-corrected chi connectivity index (χ1v) is 7.67. The minimum atomic E-state index is 0.579. The Morgan fingerprint density at radius 2 is 2.29 bits per heavy atom. The van der Waals surface area contributed by atoms with E-state index in [1.807, 2.05) is 5.38 Å². The lowest BCUT2D eigenvalue weighted by Gasteiger charge is -2.01. The number of nitrogens with zero attached hydrogens (tertiary/aromatic N) is 2. The molecular formula is C17H19N3S. The smallest absolute Gasteiger partial charge is 0.126 e. The highest BCUT2D eigenvalue weighted by Gasteiger charge is 2.09. The standard InChI is InChI=1S/C17H19N3S/c1-4-12-7-6-8-13(9-12)16-11-21-17(20-16)14(5-2)15(18)10-19-3/h5-11H,2,4,18H2,1,3H3/b15-14-,19-10?. The highest BCUT2D eigenvalue weighted by atomic mass is 32.1. The van der Waals surface area contributed by atoms with Crippen molar-refractivity contribution in [3.05, 3.63) is 58.6 Å². The van der Waals surface area contributed by atoms with Crippen molar-refractivity contribution >= 4 is 23.1 Å². The molecular weight excluding hydrogens is 278 g/mol. The summed E-state index contributed by atoms with van der Waals surface area (Å²) in [7, 11) is 1.69. The number of rotatable bonds is 5. The molecule has 1 heterocycles. The van der Waals surface area contributed by atoms with E-state index in [2.05, 4.69) is 47.7 Å². The molecule has 0 bridgehead atoms. The van der Waals surface area contributed by atoms with Gasteiger partial charge in [-0.15, -0.1) is 11.3 Å². The van der Waals surface area contributed by atoms with E-state index in [0.717, 1.165) is 28.3 Å². The summed E-state index contributed by atoms with van der Waals surface area (Å²) in [6.07, 6.45) is 4.36. The first kappa shape index (κ1) is 15.2. The largest absolute Gasteiger partial charge is 0.397 e. The highest BCUT2D eigenvalue weighted by molar-refractivity contribution is 7.11. The SMILES string of the molecule is C=C/C(=C(/N)C=NC)c1nc(-c2cccc(CC)c2)cs1. The summed E-state index contributed by atoms with van der Waals surface area (Å²) in [5, 5.41) is 2.91. The van der Waals surface area contributed by atoms with Crippen LogP contribution in [0.1, 0.15) is 17.5 Å². The number of allylic oxidation sites excluding steroid dienone is 3. The third kappa shape index (κ3) is 3.47. The van der Waals surface area contributed by atoms with E-state index in [4.69, 9.17) is 5.73 Å². The molecule has 4 heteroatoms. The Hall–Kier alpha value is -2.20. The zero-order chi connectivity index (χ0) is 15.2. The van der Waals surface area contributed by atoms with Crippen molar-refractivity contribution in [1.82, 2.24) is 4.98 Å². The van der Waals surface area contributed by atoms with Crippen LogP contribution in [-0.2, 0) is 6.42 Å². The van der Waals surface area contributed by atoms with Gasteiger partial charge < -0.3 is 5.73 Å². The normalized spacial score (nSPS) is 12.5. The Balaban J connectivity index is 2.41. The van der Waals surface area contributed by atoms with E-state index < -0.39 is 0 Å². The van der Waals surface area contributed by atoms with Gasteiger partial charge in [-0.25, -0.2) is 4.98 Å². The van der Waals surface area contributed by atoms with Gasteiger partial charge in [0.15, 0.2) is 0 Å². The number of hydrogen-bond donors (Lipinski definition) is 1. The van der Waals surface area contributed by atoms with Crippen LogP contribution in [0.25, 0.3) is 16.8 Å². The fourth-order valence-corrected chi connectivity index (χ4v) is 2.91. The molecule has 0 aliphatic carbocycles. The zero-order valence-corrected chi connectivity index (χ0v) is 13.2. The quantitative estimate of drug-likeness (QED) is 0.671. The molecule has 1 aromatic carbocycles. The predicted molar refractivity (Wildman–Crippen MR) is 92.6 cm³/mol. The first-order chi connectivity index (χ1) is 10.2. The molecule has 2 N–H and O–H groups in total. The maximum atomic E-state index is 5.99. The van der Waals surface area contributed by atoms with Gasteiger partial charge in [-0.05, 0) is 18.1 Å². The molecule has 0 radical (unpaired) electrons. The van der Waals surface area contributed by atoms with Gasteiger partial charge in [0.05, 0.1) is 11.4 Å². The van der Waals surface area contributed by atoms with Crippen LogP contribution in [-0.4, -0.2) is 18.2 Å². The first-order valence-electron chi connectivity index (χ1n) is 6.79. The number of hydrogen-bond acceptors (Lipinski definition) is 4. The summed E-state index contributed by atoms with van der Waals surface area (Å²) in [5.41, 5.74) is 10.8. The molecule has 0 saturated heterocycles. The van der Waals surface area contributed by atoms with Crippen LogP contribution in [0.3, 0.4) is 0 Å². The van der Waals surface area contributed by atoms with Crippen LogP contribution in [0.2, 0.25) is 0 Å². The van der Waals surface area contributed by atoms with Gasteiger partial charge >= 0.3 is 0 Å². The van der Waals surface area contributed by atoms with Gasteiger partial charge in [0.1, 0.15) is 5.01 Å². The average Bonchev–Trinajstić information content (AvgIpc) is 2.98. The van der Waals surface area contributed by atoms with Gasteiger partial charge in [-0.1, -0.05) is 37.8 Å². The number of aryl methyl sites for hydroxylation is 1. The van der Waals surface area contributed by atoms with Crippen LogP contribution in [0.15, 0.2) is 53.0 Å². The van der Waals surface area contributed by atoms with E-state index in [1.165, 1.54) is 5.56 Å².